The summed E-state index contributed by atoms with van der Waals surface area (Å²) >= 11 is 0. The molecule has 0 heterocycles. The van der Waals surface area contributed by atoms with Crippen molar-refractivity contribution in [2.45, 2.75) is 6.92 Å². The number of hydrogen-bond acceptors (Lipinski definition) is 4. The summed E-state index contributed by atoms with van der Waals surface area (Å²) < 4.78 is 0. The van der Waals surface area contributed by atoms with Gasteiger partial charge in [0.15, 0.2) is 0 Å². The molecule has 1 aromatic rings. The second kappa shape index (κ2) is 3.71. The van der Waals surface area contributed by atoms with E-state index >= 15 is 0 Å². The lowest BCUT2D eigenvalue weighted by molar-refractivity contribution is 0.112. The Morgan fingerprint density at radius 1 is 1.64 bits per heavy atom. The Morgan fingerprint density at radius 2 is 2.29 bits per heavy atom. The standard InChI is InChI=1S/C10H9N3O/c1-6(12)10-8(4-11)2-7(5-14)3-9(10)13/h2-3,5,12H,13H2,1H3. The Hall–Kier alpha value is -2.15. The fraction of sp³-hybridized carbons (Fsp3) is 0.100. The molecular weight excluding hydrogens is 178 g/mol. The maximum Gasteiger partial charge on any atom is 0.150 e. The first-order chi connectivity index (χ1) is 6.60. The van der Waals surface area contributed by atoms with Crippen LogP contribution in [0.25, 0.3) is 0 Å². The summed E-state index contributed by atoms with van der Waals surface area (Å²) in [5.41, 5.74) is 7.15. The number of nitrogens with two attached hydrogens (primary N) is 1. The number of carbonyl (C=O) groups excluding carboxylic acids is 1. The zero-order valence-corrected chi connectivity index (χ0v) is 7.66. The van der Waals surface area contributed by atoms with Gasteiger partial charge in [-0.25, -0.2) is 0 Å². The smallest absolute Gasteiger partial charge is 0.150 e. The van der Waals surface area contributed by atoms with E-state index in [-0.39, 0.29) is 11.3 Å². The molecule has 0 saturated heterocycles. The van der Waals surface area contributed by atoms with Crippen molar-refractivity contribution < 1.29 is 4.79 Å². The van der Waals surface area contributed by atoms with Crippen molar-refractivity contribution >= 4 is 17.7 Å². The molecule has 0 radical (unpaired) electrons. The molecule has 0 aliphatic rings. The van der Waals surface area contributed by atoms with Crippen LogP contribution >= 0.6 is 0 Å². The fourth-order valence-corrected chi connectivity index (χ4v) is 1.26. The summed E-state index contributed by atoms with van der Waals surface area (Å²) in [4.78, 5) is 10.5. The van der Waals surface area contributed by atoms with Crippen molar-refractivity contribution in [3.05, 3.63) is 28.8 Å². The van der Waals surface area contributed by atoms with E-state index in [4.69, 9.17) is 16.4 Å². The number of nitriles is 1. The van der Waals surface area contributed by atoms with E-state index in [1.165, 1.54) is 12.1 Å². The van der Waals surface area contributed by atoms with E-state index in [0.29, 0.717) is 23.1 Å². The highest BCUT2D eigenvalue weighted by Gasteiger charge is 2.09. The monoisotopic (exact) mass is 187 g/mol. The molecular formula is C10H9N3O. The second-order valence-electron chi connectivity index (χ2n) is 2.89. The first-order valence-electron chi connectivity index (χ1n) is 3.94. The van der Waals surface area contributed by atoms with Crippen molar-refractivity contribution in [3.8, 4) is 6.07 Å². The van der Waals surface area contributed by atoms with Crippen LogP contribution in [0.2, 0.25) is 0 Å². The molecule has 0 unspecified atom stereocenters. The van der Waals surface area contributed by atoms with Crippen LogP contribution in [0.3, 0.4) is 0 Å². The van der Waals surface area contributed by atoms with Crippen LogP contribution in [-0.4, -0.2) is 12.0 Å². The topological polar surface area (TPSA) is 90.7 Å². The molecule has 0 amide bonds. The van der Waals surface area contributed by atoms with Crippen molar-refractivity contribution in [2.24, 2.45) is 0 Å². The van der Waals surface area contributed by atoms with Gasteiger partial charge >= 0.3 is 0 Å². The predicted molar refractivity (Wildman–Crippen MR) is 53.5 cm³/mol. The number of benzene rings is 1. The first-order valence-corrected chi connectivity index (χ1v) is 3.94. The Bertz CT molecular complexity index is 443. The molecule has 14 heavy (non-hydrogen) atoms. The quantitative estimate of drug-likeness (QED) is 0.415. The summed E-state index contributed by atoms with van der Waals surface area (Å²) in [6.45, 7) is 1.55. The third kappa shape index (κ3) is 1.62. The summed E-state index contributed by atoms with van der Waals surface area (Å²) in [7, 11) is 0. The largest absolute Gasteiger partial charge is 0.398 e. The van der Waals surface area contributed by atoms with Gasteiger partial charge in [-0.15, -0.1) is 0 Å². The average molecular weight is 187 g/mol. The van der Waals surface area contributed by atoms with E-state index in [0.717, 1.165) is 0 Å². The van der Waals surface area contributed by atoms with Gasteiger partial charge in [-0.2, -0.15) is 5.26 Å². The maximum atomic E-state index is 10.5. The number of anilines is 1. The van der Waals surface area contributed by atoms with Gasteiger partial charge in [0.1, 0.15) is 6.29 Å². The van der Waals surface area contributed by atoms with Crippen LogP contribution in [0.15, 0.2) is 12.1 Å². The van der Waals surface area contributed by atoms with Gasteiger partial charge in [-0.3, -0.25) is 4.79 Å². The van der Waals surface area contributed by atoms with Crippen LogP contribution < -0.4 is 5.73 Å². The molecule has 0 saturated carbocycles. The molecule has 0 aliphatic carbocycles. The fourth-order valence-electron chi connectivity index (χ4n) is 1.26. The van der Waals surface area contributed by atoms with Crippen molar-refractivity contribution in [1.29, 1.82) is 10.7 Å². The number of nitrogens with zero attached hydrogens (tertiary/aromatic N) is 1. The van der Waals surface area contributed by atoms with E-state index in [1.807, 2.05) is 6.07 Å². The van der Waals surface area contributed by atoms with Crippen molar-refractivity contribution in [1.82, 2.24) is 0 Å². The normalized spacial score (nSPS) is 9.14. The van der Waals surface area contributed by atoms with Crippen molar-refractivity contribution in [2.75, 3.05) is 5.73 Å². The summed E-state index contributed by atoms with van der Waals surface area (Å²) in [6.07, 6.45) is 0.625. The molecule has 4 nitrogen and oxygen atoms in total. The molecule has 1 aromatic carbocycles. The molecule has 70 valence electrons. The highest BCUT2D eigenvalue weighted by Crippen LogP contribution is 2.19. The van der Waals surface area contributed by atoms with E-state index < -0.39 is 0 Å². The number of aldehydes is 1. The van der Waals surface area contributed by atoms with Crippen LogP contribution in [0.5, 0.6) is 0 Å². The van der Waals surface area contributed by atoms with Gasteiger partial charge in [0.25, 0.3) is 0 Å². The number of hydrogen-bond donors (Lipinski definition) is 2. The number of carbonyl (C=O) groups is 1. The SMILES string of the molecule is CC(=N)c1c(N)cc(C=O)cc1C#N. The summed E-state index contributed by atoms with van der Waals surface area (Å²) in [6, 6.07) is 4.80. The van der Waals surface area contributed by atoms with Gasteiger partial charge in [-0.1, -0.05) is 0 Å². The van der Waals surface area contributed by atoms with E-state index in [1.54, 1.807) is 6.92 Å². The number of nitrogens with one attached hydrogen (secondary N) is 1. The lowest BCUT2D eigenvalue weighted by atomic mass is 10.00. The minimum absolute atomic E-state index is 0.219. The lowest BCUT2D eigenvalue weighted by Gasteiger charge is -2.06. The van der Waals surface area contributed by atoms with Crippen molar-refractivity contribution in [3.63, 3.8) is 0 Å². The summed E-state index contributed by atoms with van der Waals surface area (Å²) in [5.74, 6) is 0. The van der Waals surface area contributed by atoms with E-state index in [2.05, 4.69) is 0 Å². The molecule has 4 heteroatoms. The maximum absolute atomic E-state index is 10.5. The summed E-state index contributed by atoms with van der Waals surface area (Å²) in [5, 5.41) is 16.2. The van der Waals surface area contributed by atoms with Crippen LogP contribution in [0.1, 0.15) is 28.4 Å². The van der Waals surface area contributed by atoms with Gasteiger partial charge in [0.05, 0.1) is 11.6 Å². The molecule has 1 rings (SSSR count). The number of rotatable bonds is 2. The van der Waals surface area contributed by atoms with Crippen LogP contribution in [-0.2, 0) is 0 Å². The average Bonchev–Trinajstić information content (AvgIpc) is 2.15. The second-order valence-corrected chi connectivity index (χ2v) is 2.89. The highest BCUT2D eigenvalue weighted by molar-refractivity contribution is 6.04. The predicted octanol–water partition coefficient (Wildman–Crippen LogP) is 1.34. The lowest BCUT2D eigenvalue weighted by Crippen LogP contribution is -2.04. The molecule has 0 fully saturated rings. The van der Waals surface area contributed by atoms with Gasteiger partial charge in [-0.05, 0) is 19.1 Å². The molecule has 0 aromatic heterocycles. The zero-order valence-electron chi connectivity index (χ0n) is 7.66. The Balaban J connectivity index is 3.52. The van der Waals surface area contributed by atoms with Gasteiger partial charge in [0, 0.05) is 22.5 Å². The minimum Gasteiger partial charge on any atom is -0.398 e. The molecule has 0 bridgehead atoms. The minimum atomic E-state index is 0.219. The van der Waals surface area contributed by atoms with Gasteiger partial charge < -0.3 is 11.1 Å². The van der Waals surface area contributed by atoms with Crippen LogP contribution in [0, 0.1) is 16.7 Å². The third-order valence-corrected chi connectivity index (χ3v) is 1.82. The molecule has 3 N–H and O–H groups in total. The molecule has 0 spiro atoms. The zero-order chi connectivity index (χ0) is 10.7. The number of nitrogen functional groups attached to an aromatic ring is 1. The molecule has 0 aliphatic heterocycles. The van der Waals surface area contributed by atoms with E-state index in [9.17, 15) is 4.79 Å². The first kappa shape index (κ1) is 9.93. The van der Waals surface area contributed by atoms with Gasteiger partial charge in [0.2, 0.25) is 0 Å². The Morgan fingerprint density at radius 3 is 2.71 bits per heavy atom. The Labute approximate surface area is 81.5 Å². The Kier molecular flexibility index (Phi) is 2.63. The van der Waals surface area contributed by atoms with Crippen LogP contribution in [0.4, 0.5) is 5.69 Å². The highest BCUT2D eigenvalue weighted by atomic mass is 16.1. The molecule has 0 atom stereocenters. The third-order valence-electron chi connectivity index (χ3n) is 1.82.